The molecule has 22 heavy (non-hydrogen) atoms. The number of amides is 3. The van der Waals surface area contributed by atoms with Crippen molar-refractivity contribution in [3.8, 4) is 0 Å². The molecule has 1 aromatic rings. The van der Waals surface area contributed by atoms with E-state index in [1.807, 2.05) is 0 Å². The Kier molecular flexibility index (Phi) is 5.77. The first-order valence-electron chi connectivity index (χ1n) is 6.55. The van der Waals surface area contributed by atoms with Crippen LogP contribution in [0.15, 0.2) is 12.3 Å². The van der Waals surface area contributed by atoms with Gasteiger partial charge >= 0.3 is 12.2 Å². The summed E-state index contributed by atoms with van der Waals surface area (Å²) in [6.45, 7) is 3.71. The summed E-state index contributed by atoms with van der Waals surface area (Å²) >= 11 is 0. The van der Waals surface area contributed by atoms with Crippen LogP contribution in [0.5, 0.6) is 0 Å². The molecule has 0 aliphatic heterocycles. The highest BCUT2D eigenvalue weighted by Crippen LogP contribution is 2.17. The maximum Gasteiger partial charge on any atom is 0.408 e. The van der Waals surface area contributed by atoms with Gasteiger partial charge in [0.2, 0.25) is 5.91 Å². The number of carbonyl (C=O) groups is 2. The zero-order valence-electron chi connectivity index (χ0n) is 12.4. The largest absolute Gasteiger partial charge is 0.408 e. The first kappa shape index (κ1) is 17.8. The van der Waals surface area contributed by atoms with Crippen molar-refractivity contribution in [1.29, 1.82) is 0 Å². The van der Waals surface area contributed by atoms with Crippen LogP contribution in [0, 0.1) is 0 Å². The molecule has 0 saturated heterocycles. The molecule has 3 N–H and O–H groups in total. The number of anilines is 1. The maximum atomic E-state index is 12.2. The van der Waals surface area contributed by atoms with Crippen molar-refractivity contribution >= 4 is 17.8 Å². The number of urea groups is 1. The summed E-state index contributed by atoms with van der Waals surface area (Å²) in [6.07, 6.45) is -3.23. The van der Waals surface area contributed by atoms with Crippen LogP contribution >= 0.6 is 0 Å². The monoisotopic (exact) mass is 321 g/mol. The van der Waals surface area contributed by atoms with Crippen LogP contribution in [0.25, 0.3) is 0 Å². The van der Waals surface area contributed by atoms with Gasteiger partial charge in [-0.25, -0.2) is 4.79 Å². The minimum absolute atomic E-state index is 0.108. The zero-order chi connectivity index (χ0) is 16.9. The molecule has 1 heterocycles. The van der Waals surface area contributed by atoms with Crippen molar-refractivity contribution in [2.24, 2.45) is 0 Å². The van der Waals surface area contributed by atoms with E-state index in [4.69, 9.17) is 0 Å². The van der Waals surface area contributed by atoms with Gasteiger partial charge in [0.05, 0.1) is 0 Å². The van der Waals surface area contributed by atoms with Crippen LogP contribution in [0.4, 0.5) is 23.8 Å². The molecule has 1 aromatic heterocycles. The molecule has 1 atom stereocenters. The summed E-state index contributed by atoms with van der Waals surface area (Å²) in [5.74, 6) is -0.514. The molecular weight excluding hydrogens is 303 g/mol. The minimum atomic E-state index is -4.37. The second kappa shape index (κ2) is 7.14. The second-order valence-electron chi connectivity index (χ2n) is 5.00. The highest BCUT2D eigenvalue weighted by atomic mass is 19.4. The molecule has 0 bridgehead atoms. The topological polar surface area (TPSA) is 88.0 Å². The third kappa shape index (κ3) is 6.46. The Bertz CT molecular complexity index is 527. The summed E-state index contributed by atoms with van der Waals surface area (Å²) in [5, 5.41) is 10.9. The van der Waals surface area contributed by atoms with Crippen LogP contribution in [0.1, 0.15) is 20.8 Å². The lowest BCUT2D eigenvalue weighted by Gasteiger charge is -2.14. The van der Waals surface area contributed by atoms with E-state index < -0.39 is 30.7 Å². The molecule has 0 saturated carbocycles. The summed E-state index contributed by atoms with van der Waals surface area (Å²) in [5.41, 5.74) is 0. The van der Waals surface area contributed by atoms with Crippen molar-refractivity contribution in [2.75, 3.05) is 5.32 Å². The van der Waals surface area contributed by atoms with E-state index in [1.165, 1.54) is 13.0 Å². The SMILES string of the molecule is CC(C)NC(=O)NC(=O)[C@@H](C)Nc1ccn(CC(F)(F)F)n1. The van der Waals surface area contributed by atoms with Crippen LogP contribution in [-0.2, 0) is 11.3 Å². The van der Waals surface area contributed by atoms with Gasteiger partial charge in [0, 0.05) is 18.3 Å². The Balaban J connectivity index is 2.52. The third-order valence-electron chi connectivity index (χ3n) is 2.40. The van der Waals surface area contributed by atoms with Crippen LogP contribution in [0.3, 0.4) is 0 Å². The summed E-state index contributed by atoms with van der Waals surface area (Å²) in [4.78, 5) is 23.1. The molecule has 124 valence electrons. The molecule has 7 nitrogen and oxygen atoms in total. The molecule has 0 aliphatic rings. The summed E-state index contributed by atoms with van der Waals surface area (Å²) < 4.78 is 37.3. The number of imide groups is 1. The maximum absolute atomic E-state index is 12.2. The molecule has 10 heteroatoms. The fraction of sp³-hybridized carbons (Fsp3) is 0.583. The smallest absolute Gasteiger partial charge is 0.357 e. The van der Waals surface area contributed by atoms with Gasteiger partial charge in [-0.2, -0.15) is 18.3 Å². The van der Waals surface area contributed by atoms with Gasteiger partial charge < -0.3 is 10.6 Å². The van der Waals surface area contributed by atoms with Crippen molar-refractivity contribution in [3.63, 3.8) is 0 Å². The Labute approximate surface area is 125 Å². The van der Waals surface area contributed by atoms with Gasteiger partial charge in [-0.15, -0.1) is 0 Å². The standard InChI is InChI=1S/C12H18F3N5O2/c1-7(2)16-11(22)18-10(21)8(3)17-9-4-5-20(19-9)6-12(13,14)15/h4-5,7-8H,6H2,1-3H3,(H,17,19)(H2,16,18,21,22)/t8-/m1/s1. The first-order chi connectivity index (χ1) is 10.1. The second-order valence-corrected chi connectivity index (χ2v) is 5.00. The average molecular weight is 321 g/mol. The van der Waals surface area contributed by atoms with Gasteiger partial charge in [0.25, 0.3) is 0 Å². The highest BCUT2D eigenvalue weighted by molar-refractivity contribution is 5.97. The normalized spacial score (nSPS) is 12.9. The number of nitrogens with one attached hydrogen (secondary N) is 3. The minimum Gasteiger partial charge on any atom is -0.357 e. The quantitative estimate of drug-likeness (QED) is 0.766. The number of rotatable bonds is 5. The highest BCUT2D eigenvalue weighted by Gasteiger charge is 2.28. The Morgan fingerprint density at radius 3 is 2.50 bits per heavy atom. The molecular formula is C12H18F3N5O2. The van der Waals surface area contributed by atoms with Gasteiger partial charge in [-0.05, 0) is 20.8 Å². The van der Waals surface area contributed by atoms with Gasteiger partial charge in [-0.3, -0.25) is 14.8 Å². The Morgan fingerprint density at radius 2 is 1.95 bits per heavy atom. The summed E-state index contributed by atoms with van der Waals surface area (Å²) in [6, 6.07) is -0.304. The number of hydrogen-bond acceptors (Lipinski definition) is 4. The van der Waals surface area contributed by atoms with Crippen molar-refractivity contribution in [3.05, 3.63) is 12.3 Å². The molecule has 0 aliphatic carbocycles. The predicted octanol–water partition coefficient (Wildman–Crippen LogP) is 1.48. The summed E-state index contributed by atoms with van der Waals surface area (Å²) in [7, 11) is 0. The van der Waals surface area contributed by atoms with Crippen molar-refractivity contribution < 1.29 is 22.8 Å². The molecule has 0 fully saturated rings. The van der Waals surface area contributed by atoms with Crippen LogP contribution in [0.2, 0.25) is 0 Å². The lowest BCUT2D eigenvalue weighted by atomic mass is 10.3. The molecule has 1 rings (SSSR count). The Hall–Kier alpha value is -2.26. The third-order valence-corrected chi connectivity index (χ3v) is 2.40. The lowest BCUT2D eigenvalue weighted by Crippen LogP contribution is -2.47. The van der Waals surface area contributed by atoms with Gasteiger partial charge in [0.1, 0.15) is 18.4 Å². The van der Waals surface area contributed by atoms with Crippen molar-refractivity contribution in [1.82, 2.24) is 20.4 Å². The lowest BCUT2D eigenvalue weighted by molar-refractivity contribution is -0.142. The van der Waals surface area contributed by atoms with Gasteiger partial charge in [0.15, 0.2) is 0 Å². The van der Waals surface area contributed by atoms with E-state index in [1.54, 1.807) is 13.8 Å². The molecule has 3 amide bonds. The van der Waals surface area contributed by atoms with E-state index in [-0.39, 0.29) is 11.9 Å². The van der Waals surface area contributed by atoms with E-state index in [9.17, 15) is 22.8 Å². The van der Waals surface area contributed by atoms with E-state index in [0.29, 0.717) is 4.68 Å². The first-order valence-corrected chi connectivity index (χ1v) is 6.55. The molecule has 0 spiro atoms. The number of halogens is 3. The Morgan fingerprint density at radius 1 is 1.32 bits per heavy atom. The zero-order valence-corrected chi connectivity index (χ0v) is 12.4. The van der Waals surface area contributed by atoms with Crippen molar-refractivity contribution in [2.45, 2.75) is 45.6 Å². The molecule has 0 aromatic carbocycles. The fourth-order valence-electron chi connectivity index (χ4n) is 1.52. The van der Waals surface area contributed by atoms with E-state index in [2.05, 4.69) is 21.0 Å². The van der Waals surface area contributed by atoms with Crippen LogP contribution in [-0.4, -0.2) is 40.0 Å². The fourth-order valence-corrected chi connectivity index (χ4v) is 1.52. The number of alkyl halides is 3. The van der Waals surface area contributed by atoms with E-state index in [0.717, 1.165) is 6.20 Å². The molecule has 0 radical (unpaired) electrons. The predicted molar refractivity (Wildman–Crippen MR) is 73.2 cm³/mol. The number of nitrogens with zero attached hydrogens (tertiary/aromatic N) is 2. The number of aromatic nitrogens is 2. The molecule has 0 unspecified atom stereocenters. The number of carbonyl (C=O) groups excluding carboxylic acids is 2. The number of hydrogen-bond donors (Lipinski definition) is 3. The average Bonchev–Trinajstić information content (AvgIpc) is 2.72. The van der Waals surface area contributed by atoms with Crippen LogP contribution < -0.4 is 16.0 Å². The van der Waals surface area contributed by atoms with Gasteiger partial charge in [-0.1, -0.05) is 0 Å². The van der Waals surface area contributed by atoms with E-state index >= 15 is 0 Å².